The van der Waals surface area contributed by atoms with Gasteiger partial charge in [0.05, 0.1) is 16.2 Å². The van der Waals surface area contributed by atoms with Gasteiger partial charge in [0.1, 0.15) is 11.3 Å². The highest BCUT2D eigenvalue weighted by molar-refractivity contribution is 7.89. The molecule has 0 atom stereocenters. The molecule has 10 heteroatoms. The molecule has 0 radical (unpaired) electrons. The minimum absolute atomic E-state index is 0.207. The van der Waals surface area contributed by atoms with Gasteiger partial charge in [-0.15, -0.1) is 0 Å². The molecule has 0 spiro atoms. The summed E-state index contributed by atoms with van der Waals surface area (Å²) in [7, 11) is -1.73. The Kier molecular flexibility index (Phi) is 6.71. The third-order valence-electron chi connectivity index (χ3n) is 5.55. The van der Waals surface area contributed by atoms with E-state index in [1.807, 2.05) is 36.7 Å². The maximum atomic E-state index is 12.9. The van der Waals surface area contributed by atoms with Gasteiger partial charge in [-0.3, -0.25) is 4.79 Å². The molecule has 4 rings (SSSR count). The number of rotatable bonds is 5. The predicted molar refractivity (Wildman–Crippen MR) is 125 cm³/mol. The molecule has 170 valence electrons. The van der Waals surface area contributed by atoms with Crippen LogP contribution in [0, 0.1) is 5.92 Å². The molecule has 3 aromatic rings. The van der Waals surface area contributed by atoms with E-state index in [0.717, 1.165) is 16.0 Å². The second-order valence-corrected chi connectivity index (χ2v) is 10.9. The smallest absolute Gasteiger partial charge is 0.251 e. The fourth-order valence-electron chi connectivity index (χ4n) is 3.83. The number of nitrogens with zero attached hydrogens (tertiary/aromatic N) is 3. The Morgan fingerprint density at radius 1 is 1.19 bits per heavy atom. The molecule has 7 nitrogen and oxygen atoms in total. The van der Waals surface area contributed by atoms with Crippen molar-refractivity contribution in [1.82, 2.24) is 8.87 Å². The zero-order valence-corrected chi connectivity index (χ0v) is 20.2. The van der Waals surface area contributed by atoms with Crippen molar-refractivity contribution < 1.29 is 17.9 Å². The molecule has 1 aromatic heterocycles. The SMILES string of the molecule is CCOc1cccc2sc(=NC(=O)C3CCN(S(=O)(=O)c4ccc(Cl)cc4)CC3)n(C)c12. The van der Waals surface area contributed by atoms with Crippen LogP contribution in [0.1, 0.15) is 19.8 Å². The summed E-state index contributed by atoms with van der Waals surface area (Å²) in [4.78, 5) is 18.1. The molecule has 1 aliphatic rings. The summed E-state index contributed by atoms with van der Waals surface area (Å²) in [6.45, 7) is 3.05. The van der Waals surface area contributed by atoms with Crippen LogP contribution in [0.2, 0.25) is 5.02 Å². The van der Waals surface area contributed by atoms with E-state index in [-0.39, 0.29) is 29.8 Å². The van der Waals surface area contributed by atoms with Crippen molar-refractivity contribution in [1.29, 1.82) is 0 Å². The van der Waals surface area contributed by atoms with E-state index in [9.17, 15) is 13.2 Å². The topological polar surface area (TPSA) is 81.0 Å². The van der Waals surface area contributed by atoms with Gasteiger partial charge in [0.25, 0.3) is 5.91 Å². The third kappa shape index (κ3) is 4.47. The Bertz CT molecular complexity index is 1310. The van der Waals surface area contributed by atoms with Gasteiger partial charge in [0.15, 0.2) is 4.80 Å². The number of piperidine rings is 1. The molecule has 0 saturated carbocycles. The Hall–Kier alpha value is -2.20. The van der Waals surface area contributed by atoms with Gasteiger partial charge < -0.3 is 9.30 Å². The van der Waals surface area contributed by atoms with E-state index >= 15 is 0 Å². The fourth-order valence-corrected chi connectivity index (χ4v) is 6.47. The summed E-state index contributed by atoms with van der Waals surface area (Å²) in [6, 6.07) is 11.9. The normalized spacial score (nSPS) is 16.5. The number of aromatic nitrogens is 1. The monoisotopic (exact) mass is 493 g/mol. The molecule has 0 aliphatic carbocycles. The first-order valence-corrected chi connectivity index (χ1v) is 13.0. The second-order valence-electron chi connectivity index (χ2n) is 7.56. The van der Waals surface area contributed by atoms with Crippen LogP contribution < -0.4 is 9.54 Å². The third-order valence-corrected chi connectivity index (χ3v) is 8.81. The highest BCUT2D eigenvalue weighted by Crippen LogP contribution is 2.28. The number of para-hydroxylation sites is 1. The molecule has 1 amide bonds. The van der Waals surface area contributed by atoms with Gasteiger partial charge in [-0.1, -0.05) is 29.0 Å². The van der Waals surface area contributed by atoms with Crippen molar-refractivity contribution in [3.63, 3.8) is 0 Å². The van der Waals surface area contributed by atoms with Crippen molar-refractivity contribution in [3.05, 3.63) is 52.3 Å². The first kappa shape index (κ1) is 23.0. The van der Waals surface area contributed by atoms with E-state index in [2.05, 4.69) is 4.99 Å². The number of benzene rings is 2. The lowest BCUT2D eigenvalue weighted by Gasteiger charge is -2.29. The number of hydrogen-bond donors (Lipinski definition) is 0. The quantitative estimate of drug-likeness (QED) is 0.541. The molecule has 0 unspecified atom stereocenters. The zero-order valence-electron chi connectivity index (χ0n) is 17.8. The number of aryl methyl sites for hydroxylation is 1. The van der Waals surface area contributed by atoms with Crippen molar-refractivity contribution in [3.8, 4) is 5.75 Å². The van der Waals surface area contributed by atoms with Crippen LogP contribution in [0.15, 0.2) is 52.4 Å². The predicted octanol–water partition coefficient (Wildman–Crippen LogP) is 3.82. The largest absolute Gasteiger partial charge is 0.492 e. The van der Waals surface area contributed by atoms with E-state index in [1.165, 1.54) is 27.8 Å². The van der Waals surface area contributed by atoms with Gasteiger partial charge >= 0.3 is 0 Å². The van der Waals surface area contributed by atoms with Crippen LogP contribution in [0.4, 0.5) is 0 Å². The molecule has 0 bridgehead atoms. The molecule has 2 aromatic carbocycles. The van der Waals surface area contributed by atoms with Gasteiger partial charge in [-0.2, -0.15) is 9.30 Å². The average molecular weight is 494 g/mol. The Balaban J connectivity index is 1.50. The van der Waals surface area contributed by atoms with E-state index in [1.54, 1.807) is 12.1 Å². The van der Waals surface area contributed by atoms with Crippen molar-refractivity contribution in [2.24, 2.45) is 18.0 Å². The highest BCUT2D eigenvalue weighted by Gasteiger charge is 2.32. The van der Waals surface area contributed by atoms with Gasteiger partial charge in [-0.05, 0) is 56.2 Å². The Morgan fingerprint density at radius 2 is 1.88 bits per heavy atom. The molecular weight excluding hydrogens is 470 g/mol. The highest BCUT2D eigenvalue weighted by atomic mass is 35.5. The summed E-state index contributed by atoms with van der Waals surface area (Å²) in [6.07, 6.45) is 0.877. The molecule has 0 N–H and O–H groups in total. The summed E-state index contributed by atoms with van der Waals surface area (Å²) in [5, 5.41) is 0.484. The maximum Gasteiger partial charge on any atom is 0.251 e. The molecule has 2 heterocycles. The molecule has 1 fully saturated rings. The first-order valence-electron chi connectivity index (χ1n) is 10.4. The number of amides is 1. The lowest BCUT2D eigenvalue weighted by atomic mass is 9.98. The Morgan fingerprint density at radius 3 is 2.53 bits per heavy atom. The van der Waals surface area contributed by atoms with Gasteiger partial charge in [0, 0.05) is 31.1 Å². The second kappa shape index (κ2) is 9.35. The number of ether oxygens (including phenoxy) is 1. The summed E-state index contributed by atoms with van der Waals surface area (Å²) >= 11 is 7.30. The number of carbonyl (C=O) groups excluding carboxylic acids is 1. The zero-order chi connectivity index (χ0) is 22.9. The summed E-state index contributed by atoms with van der Waals surface area (Å²) in [5.74, 6) is 0.246. The van der Waals surface area contributed by atoms with Crippen LogP contribution in [0.5, 0.6) is 5.75 Å². The summed E-state index contributed by atoms with van der Waals surface area (Å²) < 4.78 is 35.7. The van der Waals surface area contributed by atoms with Crippen LogP contribution in [-0.2, 0) is 21.9 Å². The molecule has 1 saturated heterocycles. The number of fused-ring (bicyclic) bond motifs is 1. The minimum atomic E-state index is -3.60. The van der Waals surface area contributed by atoms with E-state index in [0.29, 0.717) is 29.3 Å². The van der Waals surface area contributed by atoms with Crippen molar-refractivity contribution >= 4 is 49.1 Å². The van der Waals surface area contributed by atoms with Gasteiger partial charge in [-0.25, -0.2) is 8.42 Å². The minimum Gasteiger partial charge on any atom is -0.492 e. The standard InChI is InChI=1S/C22H24ClN3O4S2/c1-3-30-18-5-4-6-19-20(18)25(2)22(31-19)24-21(27)15-11-13-26(14-12-15)32(28,29)17-9-7-16(23)8-10-17/h4-10,15H,3,11-14H2,1-2H3. The van der Waals surface area contributed by atoms with Crippen LogP contribution in [0.25, 0.3) is 10.2 Å². The van der Waals surface area contributed by atoms with E-state index < -0.39 is 10.0 Å². The molecule has 32 heavy (non-hydrogen) atoms. The molecule has 1 aliphatic heterocycles. The van der Waals surface area contributed by atoms with Crippen LogP contribution in [0.3, 0.4) is 0 Å². The fraction of sp³-hybridized carbons (Fsp3) is 0.364. The van der Waals surface area contributed by atoms with Gasteiger partial charge in [0.2, 0.25) is 10.0 Å². The van der Waals surface area contributed by atoms with Crippen LogP contribution >= 0.6 is 22.9 Å². The molecular formula is C22H24ClN3O4S2. The number of sulfonamides is 1. The number of halogens is 1. The average Bonchev–Trinajstić information content (AvgIpc) is 3.10. The van der Waals surface area contributed by atoms with Crippen LogP contribution in [-0.4, -0.2) is 42.9 Å². The number of thiazole rings is 1. The summed E-state index contributed by atoms with van der Waals surface area (Å²) in [5.41, 5.74) is 0.912. The first-order chi connectivity index (χ1) is 15.3. The van der Waals surface area contributed by atoms with Crippen molar-refractivity contribution in [2.45, 2.75) is 24.7 Å². The van der Waals surface area contributed by atoms with E-state index in [4.69, 9.17) is 16.3 Å². The lowest BCUT2D eigenvalue weighted by molar-refractivity contribution is -0.122. The van der Waals surface area contributed by atoms with Crippen molar-refractivity contribution in [2.75, 3.05) is 19.7 Å². The Labute approximate surface area is 196 Å². The number of hydrogen-bond acceptors (Lipinski definition) is 5. The number of carbonyl (C=O) groups is 1. The lowest BCUT2D eigenvalue weighted by Crippen LogP contribution is -2.40. The maximum absolute atomic E-state index is 12.9.